The maximum atomic E-state index is 13.3. The Kier molecular flexibility index (Phi) is 3.90. The van der Waals surface area contributed by atoms with Crippen molar-refractivity contribution in [2.75, 3.05) is 0 Å². The maximum Gasteiger partial charge on any atom is 0.137 e. The van der Waals surface area contributed by atoms with Gasteiger partial charge in [0.15, 0.2) is 0 Å². The molecule has 1 nitrogen and oxygen atoms in total. The van der Waals surface area contributed by atoms with Crippen molar-refractivity contribution in [3.8, 4) is 0 Å². The van der Waals surface area contributed by atoms with E-state index in [0.717, 1.165) is 24.8 Å². The molecule has 0 radical (unpaired) electrons. The summed E-state index contributed by atoms with van der Waals surface area (Å²) < 4.78 is 13.8. The maximum absolute atomic E-state index is 13.3. The van der Waals surface area contributed by atoms with Crippen LogP contribution in [0.1, 0.15) is 29.0 Å². The predicted molar refractivity (Wildman–Crippen MR) is 83.3 cm³/mol. The number of fused-ring (bicyclic) bond motifs is 1. The third kappa shape index (κ3) is 2.65. The molecule has 2 aromatic carbocycles. The molecule has 0 heterocycles. The zero-order valence-electron chi connectivity index (χ0n) is 11.2. The SMILES string of the molecule is NC(Cc1ccc(F)c(Br)c1)C1CCc2ccccc21. The van der Waals surface area contributed by atoms with Crippen LogP contribution in [0.25, 0.3) is 0 Å². The molecule has 0 fully saturated rings. The lowest BCUT2D eigenvalue weighted by Crippen LogP contribution is -2.29. The van der Waals surface area contributed by atoms with E-state index in [1.807, 2.05) is 12.1 Å². The Bertz CT molecular complexity index is 626. The first-order chi connectivity index (χ1) is 9.65. The molecule has 2 atom stereocenters. The summed E-state index contributed by atoms with van der Waals surface area (Å²) in [5.74, 6) is 0.184. The van der Waals surface area contributed by atoms with Crippen LogP contribution in [0.2, 0.25) is 0 Å². The molecular weight excluding hydrogens is 317 g/mol. The minimum atomic E-state index is -0.228. The molecule has 0 amide bonds. The van der Waals surface area contributed by atoms with Crippen LogP contribution >= 0.6 is 15.9 Å². The average molecular weight is 334 g/mol. The molecule has 0 spiro atoms. The number of hydrogen-bond acceptors (Lipinski definition) is 1. The molecule has 2 aromatic rings. The van der Waals surface area contributed by atoms with Crippen molar-refractivity contribution in [3.63, 3.8) is 0 Å². The monoisotopic (exact) mass is 333 g/mol. The molecule has 0 saturated carbocycles. The lowest BCUT2D eigenvalue weighted by Gasteiger charge is -2.20. The van der Waals surface area contributed by atoms with Crippen molar-refractivity contribution in [2.45, 2.75) is 31.2 Å². The molecule has 0 saturated heterocycles. The van der Waals surface area contributed by atoms with E-state index >= 15 is 0 Å². The van der Waals surface area contributed by atoms with Crippen LogP contribution in [-0.4, -0.2) is 6.04 Å². The van der Waals surface area contributed by atoms with Gasteiger partial charge in [-0.15, -0.1) is 0 Å². The standard InChI is InChI=1S/C17H17BrFN/c18-15-9-11(5-8-16(15)19)10-17(20)14-7-6-12-3-1-2-4-13(12)14/h1-5,8-9,14,17H,6-7,10,20H2. The third-order valence-electron chi connectivity index (χ3n) is 4.15. The molecule has 2 N–H and O–H groups in total. The molecule has 3 heteroatoms. The number of hydrogen-bond donors (Lipinski definition) is 1. The number of benzene rings is 2. The Morgan fingerprint density at radius 1 is 1.25 bits per heavy atom. The van der Waals surface area contributed by atoms with E-state index in [-0.39, 0.29) is 11.9 Å². The van der Waals surface area contributed by atoms with Gasteiger partial charge in [-0.1, -0.05) is 30.3 Å². The lowest BCUT2D eigenvalue weighted by molar-refractivity contribution is 0.524. The number of aryl methyl sites for hydroxylation is 1. The summed E-state index contributed by atoms with van der Waals surface area (Å²) in [6, 6.07) is 13.8. The van der Waals surface area contributed by atoms with Gasteiger partial charge in [0.2, 0.25) is 0 Å². The molecule has 2 unspecified atom stereocenters. The zero-order valence-corrected chi connectivity index (χ0v) is 12.7. The third-order valence-corrected chi connectivity index (χ3v) is 4.76. The summed E-state index contributed by atoms with van der Waals surface area (Å²) in [4.78, 5) is 0. The second kappa shape index (κ2) is 5.66. The van der Waals surface area contributed by atoms with E-state index in [2.05, 4.69) is 40.2 Å². The van der Waals surface area contributed by atoms with Gasteiger partial charge in [-0.2, -0.15) is 0 Å². The van der Waals surface area contributed by atoms with E-state index in [1.165, 1.54) is 17.2 Å². The van der Waals surface area contributed by atoms with Crippen molar-refractivity contribution in [3.05, 3.63) is 69.4 Å². The molecule has 1 aliphatic rings. The summed E-state index contributed by atoms with van der Waals surface area (Å²) in [7, 11) is 0. The van der Waals surface area contributed by atoms with Gasteiger partial charge in [0.05, 0.1) is 4.47 Å². The predicted octanol–water partition coefficient (Wildman–Crippen LogP) is 4.19. The highest BCUT2D eigenvalue weighted by atomic mass is 79.9. The Morgan fingerprint density at radius 3 is 2.85 bits per heavy atom. The van der Waals surface area contributed by atoms with Crippen molar-refractivity contribution in [2.24, 2.45) is 5.73 Å². The van der Waals surface area contributed by atoms with Crippen LogP contribution in [0.4, 0.5) is 4.39 Å². The second-order valence-corrected chi connectivity index (χ2v) is 6.31. The summed E-state index contributed by atoms with van der Waals surface area (Å²) in [6.45, 7) is 0. The first kappa shape index (κ1) is 13.8. The zero-order chi connectivity index (χ0) is 14.1. The summed E-state index contributed by atoms with van der Waals surface area (Å²) >= 11 is 3.23. The van der Waals surface area contributed by atoms with Crippen molar-refractivity contribution in [1.82, 2.24) is 0 Å². The van der Waals surface area contributed by atoms with Gasteiger partial charge < -0.3 is 5.73 Å². The highest BCUT2D eigenvalue weighted by molar-refractivity contribution is 9.10. The van der Waals surface area contributed by atoms with E-state index in [1.54, 1.807) is 0 Å². The van der Waals surface area contributed by atoms with Gasteiger partial charge in [-0.05, 0) is 69.9 Å². The Hall–Kier alpha value is -1.19. The Labute approximate surface area is 127 Å². The summed E-state index contributed by atoms with van der Waals surface area (Å²) in [5.41, 5.74) is 10.3. The largest absolute Gasteiger partial charge is 0.327 e. The number of nitrogens with two attached hydrogens (primary N) is 1. The minimum absolute atomic E-state index is 0.0796. The van der Waals surface area contributed by atoms with Crippen LogP contribution in [0.3, 0.4) is 0 Å². The Balaban J connectivity index is 1.77. The van der Waals surface area contributed by atoms with Gasteiger partial charge in [0.1, 0.15) is 5.82 Å². The fourth-order valence-electron chi connectivity index (χ4n) is 3.12. The van der Waals surface area contributed by atoms with Gasteiger partial charge in [0.25, 0.3) is 0 Å². The molecule has 20 heavy (non-hydrogen) atoms. The van der Waals surface area contributed by atoms with E-state index in [0.29, 0.717) is 10.4 Å². The Morgan fingerprint density at radius 2 is 2.05 bits per heavy atom. The van der Waals surface area contributed by atoms with Crippen molar-refractivity contribution in [1.29, 1.82) is 0 Å². The van der Waals surface area contributed by atoms with Gasteiger partial charge in [-0.25, -0.2) is 4.39 Å². The van der Waals surface area contributed by atoms with Crippen LogP contribution in [0.15, 0.2) is 46.9 Å². The van der Waals surface area contributed by atoms with Crippen LogP contribution in [0.5, 0.6) is 0 Å². The van der Waals surface area contributed by atoms with Crippen LogP contribution < -0.4 is 5.73 Å². The first-order valence-corrected chi connectivity index (χ1v) is 7.72. The topological polar surface area (TPSA) is 26.0 Å². The van der Waals surface area contributed by atoms with Gasteiger partial charge in [0, 0.05) is 6.04 Å². The average Bonchev–Trinajstić information content (AvgIpc) is 2.87. The quantitative estimate of drug-likeness (QED) is 0.895. The highest BCUT2D eigenvalue weighted by Crippen LogP contribution is 2.35. The number of rotatable bonds is 3. The first-order valence-electron chi connectivity index (χ1n) is 6.92. The fraction of sp³-hybridized carbons (Fsp3) is 0.294. The van der Waals surface area contributed by atoms with Crippen molar-refractivity contribution < 1.29 is 4.39 Å². The van der Waals surface area contributed by atoms with Crippen LogP contribution in [0, 0.1) is 5.82 Å². The smallest absolute Gasteiger partial charge is 0.137 e. The van der Waals surface area contributed by atoms with E-state index in [4.69, 9.17) is 5.73 Å². The normalized spacial score (nSPS) is 18.9. The number of halogens is 2. The summed E-state index contributed by atoms with van der Waals surface area (Å²) in [6.07, 6.45) is 3.00. The summed E-state index contributed by atoms with van der Waals surface area (Å²) in [5, 5.41) is 0. The van der Waals surface area contributed by atoms with Gasteiger partial charge >= 0.3 is 0 Å². The fourth-order valence-corrected chi connectivity index (χ4v) is 3.54. The minimum Gasteiger partial charge on any atom is -0.327 e. The molecule has 3 rings (SSSR count). The van der Waals surface area contributed by atoms with E-state index < -0.39 is 0 Å². The molecule has 0 aromatic heterocycles. The molecular formula is C17H17BrFN. The molecule has 0 aliphatic heterocycles. The molecule has 0 bridgehead atoms. The second-order valence-electron chi connectivity index (χ2n) is 5.46. The van der Waals surface area contributed by atoms with E-state index in [9.17, 15) is 4.39 Å². The lowest BCUT2D eigenvalue weighted by atomic mass is 9.89. The van der Waals surface area contributed by atoms with Crippen molar-refractivity contribution >= 4 is 15.9 Å². The van der Waals surface area contributed by atoms with Gasteiger partial charge in [-0.3, -0.25) is 0 Å². The van der Waals surface area contributed by atoms with Crippen LogP contribution in [-0.2, 0) is 12.8 Å². The molecule has 1 aliphatic carbocycles. The molecule has 104 valence electrons. The highest BCUT2D eigenvalue weighted by Gasteiger charge is 2.27.